The van der Waals surface area contributed by atoms with Crippen molar-refractivity contribution in [2.75, 3.05) is 5.32 Å². The molecular formula is C17H18N4. The van der Waals surface area contributed by atoms with Gasteiger partial charge in [-0.05, 0) is 30.2 Å². The summed E-state index contributed by atoms with van der Waals surface area (Å²) in [4.78, 5) is 3.96. The fourth-order valence-corrected chi connectivity index (χ4v) is 2.19. The molecule has 0 saturated heterocycles. The number of hydrogen-bond acceptors (Lipinski definition) is 3. The van der Waals surface area contributed by atoms with E-state index in [0.29, 0.717) is 0 Å². The second-order valence-corrected chi connectivity index (χ2v) is 5.13. The van der Waals surface area contributed by atoms with Crippen LogP contribution in [0.2, 0.25) is 0 Å². The molecule has 0 unspecified atom stereocenters. The zero-order valence-corrected chi connectivity index (χ0v) is 12.0. The molecule has 1 heterocycles. The summed E-state index contributed by atoms with van der Waals surface area (Å²) in [5.74, 6) is 0. The Balaban J connectivity index is 1.64. The monoisotopic (exact) mass is 278 g/mol. The third-order valence-corrected chi connectivity index (χ3v) is 3.36. The minimum atomic E-state index is 0.736. The van der Waals surface area contributed by atoms with E-state index in [1.165, 1.54) is 16.7 Å². The lowest BCUT2D eigenvalue weighted by Crippen LogP contribution is -2.02. The quantitative estimate of drug-likeness (QED) is 0.779. The number of nitrogens with zero attached hydrogens (tertiary/aromatic N) is 3. The molecule has 0 spiro atoms. The summed E-state index contributed by atoms with van der Waals surface area (Å²) in [6.07, 6.45) is 3.28. The first-order valence-electron chi connectivity index (χ1n) is 7.00. The second kappa shape index (κ2) is 6.22. The number of benzene rings is 2. The Hall–Kier alpha value is -2.62. The zero-order valence-electron chi connectivity index (χ0n) is 12.0. The Bertz CT molecular complexity index is 687. The molecule has 4 heteroatoms. The lowest BCUT2D eigenvalue weighted by Gasteiger charge is -2.09. The molecule has 0 bridgehead atoms. The number of nitrogens with one attached hydrogen (secondary N) is 1. The maximum absolute atomic E-state index is 4.13. The van der Waals surface area contributed by atoms with Gasteiger partial charge < -0.3 is 5.32 Å². The second-order valence-electron chi connectivity index (χ2n) is 5.13. The largest absolute Gasteiger partial charge is 0.381 e. The van der Waals surface area contributed by atoms with Gasteiger partial charge in [-0.3, -0.25) is 0 Å². The molecule has 3 rings (SSSR count). The maximum Gasteiger partial charge on any atom is 0.137 e. The predicted molar refractivity (Wildman–Crippen MR) is 84.1 cm³/mol. The van der Waals surface area contributed by atoms with Crippen LogP contribution in [0.15, 0.2) is 61.2 Å². The van der Waals surface area contributed by atoms with E-state index >= 15 is 0 Å². The van der Waals surface area contributed by atoms with Crippen LogP contribution in [-0.4, -0.2) is 14.8 Å². The van der Waals surface area contributed by atoms with Crippen molar-refractivity contribution < 1.29 is 0 Å². The van der Waals surface area contributed by atoms with E-state index in [0.717, 1.165) is 18.8 Å². The number of anilines is 1. The fraction of sp³-hybridized carbons (Fsp3) is 0.176. The van der Waals surface area contributed by atoms with Crippen molar-refractivity contribution >= 4 is 5.69 Å². The van der Waals surface area contributed by atoms with E-state index in [1.54, 1.807) is 12.7 Å². The molecule has 3 aromatic rings. The van der Waals surface area contributed by atoms with Gasteiger partial charge in [-0.2, -0.15) is 5.10 Å². The highest BCUT2D eigenvalue weighted by Gasteiger charge is 1.99. The van der Waals surface area contributed by atoms with E-state index in [1.807, 2.05) is 4.68 Å². The highest BCUT2D eigenvalue weighted by molar-refractivity contribution is 5.46. The average molecular weight is 278 g/mol. The normalized spacial score (nSPS) is 10.5. The maximum atomic E-state index is 4.13. The van der Waals surface area contributed by atoms with Crippen LogP contribution in [0.5, 0.6) is 0 Å². The Kier molecular flexibility index (Phi) is 3.96. The van der Waals surface area contributed by atoms with Crippen LogP contribution in [-0.2, 0) is 13.1 Å². The fourth-order valence-electron chi connectivity index (χ4n) is 2.19. The molecule has 0 amide bonds. The summed E-state index contributed by atoms with van der Waals surface area (Å²) in [7, 11) is 0. The van der Waals surface area contributed by atoms with Gasteiger partial charge in [0.25, 0.3) is 0 Å². The van der Waals surface area contributed by atoms with Gasteiger partial charge in [-0.15, -0.1) is 0 Å². The SMILES string of the molecule is Cc1ccc(CNc2cccc(Cn3cncn3)c2)cc1. The molecule has 21 heavy (non-hydrogen) atoms. The number of aromatic nitrogens is 3. The standard InChI is InChI=1S/C17H18N4/c1-14-5-7-15(8-6-14)10-19-17-4-2-3-16(9-17)11-21-13-18-12-20-21/h2-9,12-13,19H,10-11H2,1H3. The van der Waals surface area contributed by atoms with Crippen LogP contribution in [0, 0.1) is 6.92 Å². The van der Waals surface area contributed by atoms with Gasteiger partial charge in [0.15, 0.2) is 0 Å². The van der Waals surface area contributed by atoms with Gasteiger partial charge in [0, 0.05) is 12.2 Å². The van der Waals surface area contributed by atoms with Gasteiger partial charge >= 0.3 is 0 Å². The first-order valence-corrected chi connectivity index (χ1v) is 7.00. The lowest BCUT2D eigenvalue weighted by molar-refractivity contribution is 0.685. The molecule has 0 saturated carbocycles. The minimum absolute atomic E-state index is 0.736. The molecule has 0 aliphatic heterocycles. The Labute approximate surface area is 124 Å². The summed E-state index contributed by atoms with van der Waals surface area (Å²) in [5, 5.41) is 7.58. The topological polar surface area (TPSA) is 42.7 Å². The summed E-state index contributed by atoms with van der Waals surface area (Å²) in [6.45, 7) is 3.66. The molecule has 2 aromatic carbocycles. The van der Waals surface area contributed by atoms with Gasteiger partial charge in [-0.25, -0.2) is 9.67 Å². The van der Waals surface area contributed by atoms with E-state index in [9.17, 15) is 0 Å². The summed E-state index contributed by atoms with van der Waals surface area (Å²) in [5.41, 5.74) is 4.89. The first-order chi connectivity index (χ1) is 10.3. The van der Waals surface area contributed by atoms with Crippen molar-refractivity contribution in [1.82, 2.24) is 14.8 Å². The van der Waals surface area contributed by atoms with Crippen molar-refractivity contribution in [3.05, 3.63) is 77.9 Å². The Morgan fingerprint density at radius 1 is 1.05 bits per heavy atom. The molecule has 0 radical (unpaired) electrons. The van der Waals surface area contributed by atoms with Gasteiger partial charge in [0.2, 0.25) is 0 Å². The van der Waals surface area contributed by atoms with Crippen molar-refractivity contribution in [3.8, 4) is 0 Å². The Morgan fingerprint density at radius 3 is 2.67 bits per heavy atom. The van der Waals surface area contributed by atoms with Crippen LogP contribution in [0.1, 0.15) is 16.7 Å². The number of hydrogen-bond donors (Lipinski definition) is 1. The Morgan fingerprint density at radius 2 is 1.90 bits per heavy atom. The molecule has 0 atom stereocenters. The third kappa shape index (κ3) is 3.69. The van der Waals surface area contributed by atoms with Crippen LogP contribution in [0.3, 0.4) is 0 Å². The molecule has 1 aromatic heterocycles. The van der Waals surface area contributed by atoms with Crippen LogP contribution in [0.4, 0.5) is 5.69 Å². The van der Waals surface area contributed by atoms with Crippen LogP contribution in [0.25, 0.3) is 0 Å². The molecule has 0 aliphatic carbocycles. The molecule has 0 fully saturated rings. The molecule has 1 N–H and O–H groups in total. The summed E-state index contributed by atoms with van der Waals surface area (Å²) < 4.78 is 1.82. The molecule has 4 nitrogen and oxygen atoms in total. The minimum Gasteiger partial charge on any atom is -0.381 e. The lowest BCUT2D eigenvalue weighted by atomic mass is 10.1. The summed E-state index contributed by atoms with van der Waals surface area (Å²) >= 11 is 0. The summed E-state index contributed by atoms with van der Waals surface area (Å²) in [6, 6.07) is 17.0. The van der Waals surface area contributed by atoms with Gasteiger partial charge in [0.1, 0.15) is 12.7 Å². The predicted octanol–water partition coefficient (Wildman–Crippen LogP) is 3.25. The highest BCUT2D eigenvalue weighted by atomic mass is 15.3. The molecule has 106 valence electrons. The van der Waals surface area contributed by atoms with E-state index < -0.39 is 0 Å². The van der Waals surface area contributed by atoms with Crippen molar-refractivity contribution in [2.24, 2.45) is 0 Å². The number of aryl methyl sites for hydroxylation is 1. The van der Waals surface area contributed by atoms with Crippen molar-refractivity contribution in [1.29, 1.82) is 0 Å². The average Bonchev–Trinajstić information content (AvgIpc) is 3.00. The third-order valence-electron chi connectivity index (χ3n) is 3.36. The van der Waals surface area contributed by atoms with Crippen LogP contribution >= 0.6 is 0 Å². The van der Waals surface area contributed by atoms with E-state index in [-0.39, 0.29) is 0 Å². The molecular weight excluding hydrogens is 260 g/mol. The van der Waals surface area contributed by atoms with E-state index in [2.05, 4.69) is 70.9 Å². The molecule has 0 aliphatic rings. The van der Waals surface area contributed by atoms with Crippen molar-refractivity contribution in [3.63, 3.8) is 0 Å². The zero-order chi connectivity index (χ0) is 14.5. The van der Waals surface area contributed by atoms with Gasteiger partial charge in [0.05, 0.1) is 6.54 Å². The van der Waals surface area contributed by atoms with Gasteiger partial charge in [-0.1, -0.05) is 42.0 Å². The highest BCUT2D eigenvalue weighted by Crippen LogP contribution is 2.13. The van der Waals surface area contributed by atoms with E-state index in [4.69, 9.17) is 0 Å². The number of rotatable bonds is 5. The smallest absolute Gasteiger partial charge is 0.137 e. The van der Waals surface area contributed by atoms with Crippen LogP contribution < -0.4 is 5.32 Å². The first kappa shape index (κ1) is 13.4. The van der Waals surface area contributed by atoms with Crippen molar-refractivity contribution in [2.45, 2.75) is 20.0 Å².